The number of hydrogen-bond donors (Lipinski definition) is 8. The largest absolute Gasteiger partial charge is 0.329 e. The van der Waals surface area contributed by atoms with Crippen LogP contribution in [0.3, 0.4) is 0 Å². The number of benzene rings is 2. The van der Waals surface area contributed by atoms with Crippen LogP contribution in [-0.4, -0.2) is 41.6 Å². The number of hydrogen-bond acceptors (Lipinski definition) is 11. The van der Waals surface area contributed by atoms with E-state index in [0.717, 1.165) is 0 Å². The monoisotopic (exact) mass is 484 g/mol. The minimum Gasteiger partial charge on any atom is -0.329 e. The second kappa shape index (κ2) is 9.57. The summed E-state index contributed by atoms with van der Waals surface area (Å²) in [5.74, 6) is -0.875. The Labute approximate surface area is 185 Å². The maximum Gasteiger partial charge on any atom is 0.239 e. The molecule has 2 aromatic carbocycles. The summed E-state index contributed by atoms with van der Waals surface area (Å²) in [6.45, 7) is -0.415. The number of anilines is 1. The zero-order chi connectivity index (χ0) is 23.5. The lowest BCUT2D eigenvalue weighted by Gasteiger charge is -2.21. The van der Waals surface area contributed by atoms with Gasteiger partial charge in [-0.2, -0.15) is 11.1 Å². The molecule has 15 heteroatoms. The first-order valence-corrected chi connectivity index (χ1v) is 12.5. The van der Waals surface area contributed by atoms with Crippen molar-refractivity contribution in [1.82, 2.24) is 21.9 Å². The Bertz CT molecular complexity index is 1230. The number of amides is 1. The zero-order valence-electron chi connectivity index (χ0n) is 16.8. The summed E-state index contributed by atoms with van der Waals surface area (Å²) in [6.07, 6.45) is -0.881. The number of nitrogens with two attached hydrogens (primary N) is 3. The second-order valence-electron chi connectivity index (χ2n) is 6.81. The van der Waals surface area contributed by atoms with Crippen molar-refractivity contribution < 1.29 is 21.6 Å². The molecule has 1 heterocycles. The Morgan fingerprint density at radius 3 is 2.31 bits per heavy atom. The van der Waals surface area contributed by atoms with Crippen molar-refractivity contribution in [2.24, 2.45) is 16.6 Å². The first-order chi connectivity index (χ1) is 15.1. The smallest absolute Gasteiger partial charge is 0.239 e. The number of nitrogens with one attached hydrogen (secondary N) is 5. The SMILES string of the molecule is NCCS(=O)(=O)c1ccc(-c2cccc(NC(=O)CN)c2)c(C2NNNN2)c1S(N)(=O)=O. The van der Waals surface area contributed by atoms with Gasteiger partial charge in [0.1, 0.15) is 11.1 Å². The molecule has 0 aromatic heterocycles. The van der Waals surface area contributed by atoms with Gasteiger partial charge in [-0.25, -0.2) is 32.8 Å². The van der Waals surface area contributed by atoms with Crippen LogP contribution in [0.4, 0.5) is 5.69 Å². The van der Waals surface area contributed by atoms with Gasteiger partial charge in [0.25, 0.3) is 0 Å². The average Bonchev–Trinajstić information content (AvgIpc) is 3.26. The molecular weight excluding hydrogens is 460 g/mol. The summed E-state index contributed by atoms with van der Waals surface area (Å²) < 4.78 is 50.8. The van der Waals surface area contributed by atoms with E-state index in [1.165, 1.54) is 12.1 Å². The second-order valence-corrected chi connectivity index (χ2v) is 10.4. The van der Waals surface area contributed by atoms with E-state index < -0.39 is 47.5 Å². The molecule has 1 saturated heterocycles. The van der Waals surface area contributed by atoms with Crippen LogP contribution in [-0.2, 0) is 24.7 Å². The molecule has 174 valence electrons. The van der Waals surface area contributed by atoms with E-state index >= 15 is 0 Å². The van der Waals surface area contributed by atoms with Gasteiger partial charge in [-0.3, -0.25) is 4.79 Å². The van der Waals surface area contributed by atoms with Crippen molar-refractivity contribution in [2.45, 2.75) is 16.0 Å². The fraction of sp³-hybridized carbons (Fsp3) is 0.235. The van der Waals surface area contributed by atoms with Crippen molar-refractivity contribution in [3.8, 4) is 11.1 Å². The lowest BCUT2D eigenvalue weighted by Crippen LogP contribution is -2.33. The summed E-state index contributed by atoms with van der Waals surface area (Å²) in [4.78, 5) is 10.7. The third-order valence-corrected chi connectivity index (χ3v) is 7.51. The van der Waals surface area contributed by atoms with Crippen LogP contribution in [0.25, 0.3) is 11.1 Å². The van der Waals surface area contributed by atoms with Crippen LogP contribution in [0, 0.1) is 0 Å². The number of hydrazine groups is 3. The maximum atomic E-state index is 12.8. The average molecular weight is 485 g/mol. The lowest BCUT2D eigenvalue weighted by atomic mass is 9.97. The summed E-state index contributed by atoms with van der Waals surface area (Å²) in [5, 5.41) is 8.10. The predicted molar refractivity (Wildman–Crippen MR) is 117 cm³/mol. The highest BCUT2D eigenvalue weighted by atomic mass is 32.2. The Hall–Kier alpha value is -2.47. The van der Waals surface area contributed by atoms with Crippen LogP contribution in [0.2, 0.25) is 0 Å². The van der Waals surface area contributed by atoms with Crippen molar-refractivity contribution in [3.63, 3.8) is 0 Å². The van der Waals surface area contributed by atoms with Gasteiger partial charge in [-0.15, -0.1) is 0 Å². The summed E-state index contributed by atoms with van der Waals surface area (Å²) in [5.41, 5.74) is 22.8. The number of rotatable bonds is 8. The van der Waals surface area contributed by atoms with E-state index in [2.05, 4.69) is 27.2 Å². The van der Waals surface area contributed by atoms with Crippen molar-refractivity contribution in [3.05, 3.63) is 42.0 Å². The Balaban J connectivity index is 2.31. The number of primary sulfonamides is 1. The first-order valence-electron chi connectivity index (χ1n) is 9.32. The lowest BCUT2D eigenvalue weighted by molar-refractivity contribution is -0.114. The minimum atomic E-state index is -4.51. The molecular formula is C17H24N8O5S2. The fourth-order valence-corrected chi connectivity index (χ4v) is 6.10. The van der Waals surface area contributed by atoms with Crippen molar-refractivity contribution in [1.29, 1.82) is 0 Å². The van der Waals surface area contributed by atoms with E-state index in [4.69, 9.17) is 16.6 Å². The standard InChI is InChI=1S/C17H24N8O5S2/c18-6-7-31(27,28)13-5-4-12(10-2-1-3-11(8-10)21-14(26)9-19)15(16(13)32(20,29)30)17-22-24-25-23-17/h1-5,8,17,22-25H,6-7,9,18-19H2,(H,21,26)(H2,20,29,30). The summed E-state index contributed by atoms with van der Waals surface area (Å²) in [6, 6.07) is 9.21. The zero-order valence-corrected chi connectivity index (χ0v) is 18.4. The normalized spacial score (nSPS) is 15.1. The molecule has 2 aromatic rings. The number of carbonyl (C=O) groups is 1. The molecule has 1 amide bonds. The summed E-state index contributed by atoms with van der Waals surface area (Å²) >= 11 is 0. The molecule has 11 N–H and O–H groups in total. The third-order valence-electron chi connectivity index (χ3n) is 4.59. The van der Waals surface area contributed by atoms with Gasteiger partial charge in [0.15, 0.2) is 9.84 Å². The molecule has 0 radical (unpaired) electrons. The van der Waals surface area contributed by atoms with Crippen LogP contribution >= 0.6 is 0 Å². The molecule has 32 heavy (non-hydrogen) atoms. The summed E-state index contributed by atoms with van der Waals surface area (Å²) in [7, 11) is -8.56. The molecule has 1 aliphatic heterocycles. The topological polar surface area (TPSA) is 224 Å². The van der Waals surface area contributed by atoms with Crippen LogP contribution in [0.5, 0.6) is 0 Å². The van der Waals surface area contributed by atoms with Gasteiger partial charge in [-0.05, 0) is 29.3 Å². The molecule has 0 unspecified atom stereocenters. The van der Waals surface area contributed by atoms with E-state index in [1.807, 2.05) is 0 Å². The van der Waals surface area contributed by atoms with Crippen molar-refractivity contribution in [2.75, 3.05) is 24.2 Å². The fourth-order valence-electron chi connectivity index (χ4n) is 3.29. The molecule has 0 spiro atoms. The van der Waals surface area contributed by atoms with Crippen LogP contribution in [0.15, 0.2) is 46.2 Å². The van der Waals surface area contributed by atoms with E-state index in [-0.39, 0.29) is 18.7 Å². The van der Waals surface area contributed by atoms with Gasteiger partial charge in [0.05, 0.1) is 17.2 Å². The van der Waals surface area contributed by atoms with E-state index in [1.54, 1.807) is 24.3 Å². The molecule has 0 atom stereocenters. The number of sulfonamides is 1. The molecule has 1 aliphatic rings. The first kappa shape index (κ1) is 24.2. The van der Waals surface area contributed by atoms with E-state index in [0.29, 0.717) is 16.8 Å². The molecule has 1 fully saturated rings. The number of sulfone groups is 1. The van der Waals surface area contributed by atoms with Gasteiger partial charge in [0, 0.05) is 17.8 Å². The maximum absolute atomic E-state index is 12.8. The third kappa shape index (κ3) is 5.12. The van der Waals surface area contributed by atoms with Gasteiger partial charge in [0.2, 0.25) is 15.9 Å². The molecule has 0 saturated carbocycles. The van der Waals surface area contributed by atoms with Gasteiger partial charge in [-0.1, -0.05) is 18.2 Å². The Morgan fingerprint density at radius 2 is 1.72 bits per heavy atom. The van der Waals surface area contributed by atoms with Gasteiger partial charge < -0.3 is 16.8 Å². The molecule has 0 bridgehead atoms. The highest BCUT2D eigenvalue weighted by Gasteiger charge is 2.33. The Kier molecular flexibility index (Phi) is 7.23. The Morgan fingerprint density at radius 1 is 1.03 bits per heavy atom. The highest BCUT2D eigenvalue weighted by Crippen LogP contribution is 2.37. The quantitative estimate of drug-likeness (QED) is 0.200. The number of carbonyl (C=O) groups excluding carboxylic acids is 1. The molecule has 0 aliphatic carbocycles. The van der Waals surface area contributed by atoms with E-state index in [9.17, 15) is 21.6 Å². The predicted octanol–water partition coefficient (Wildman–Crippen LogP) is -2.25. The van der Waals surface area contributed by atoms with Crippen LogP contribution < -0.4 is 43.8 Å². The van der Waals surface area contributed by atoms with Crippen LogP contribution in [0.1, 0.15) is 11.7 Å². The van der Waals surface area contributed by atoms with Crippen molar-refractivity contribution >= 4 is 31.5 Å². The highest BCUT2D eigenvalue weighted by molar-refractivity contribution is 7.93. The molecule has 13 nitrogen and oxygen atoms in total. The molecule has 3 rings (SSSR count). The van der Waals surface area contributed by atoms with Gasteiger partial charge >= 0.3 is 0 Å². The minimum absolute atomic E-state index is 0.0606.